The Bertz CT molecular complexity index is 817. The van der Waals surface area contributed by atoms with Crippen LogP contribution in [-0.2, 0) is 11.3 Å². The Morgan fingerprint density at radius 3 is 2.80 bits per heavy atom. The van der Waals surface area contributed by atoms with Gasteiger partial charge in [0.15, 0.2) is 0 Å². The highest BCUT2D eigenvalue weighted by Crippen LogP contribution is 2.33. The van der Waals surface area contributed by atoms with Gasteiger partial charge in [-0.25, -0.2) is 9.97 Å². The first-order chi connectivity index (χ1) is 12.1. The quantitative estimate of drug-likeness (QED) is 0.775. The molecule has 3 heterocycles. The number of anilines is 1. The van der Waals surface area contributed by atoms with E-state index < -0.39 is 0 Å². The molecule has 0 atom stereocenters. The normalized spacial score (nSPS) is 14.6. The monoisotopic (exact) mass is 357 g/mol. The zero-order valence-corrected chi connectivity index (χ0v) is 15.5. The van der Waals surface area contributed by atoms with Gasteiger partial charge in [-0.05, 0) is 45.3 Å². The summed E-state index contributed by atoms with van der Waals surface area (Å²) in [6.07, 6.45) is 7.64. The molecular formula is C18H23N5OS. The van der Waals surface area contributed by atoms with E-state index in [0.717, 1.165) is 41.5 Å². The Balaban J connectivity index is 1.85. The topological polar surface area (TPSA) is 70.2 Å². The first-order valence-corrected chi connectivity index (χ1v) is 9.33. The number of amides is 1. The maximum atomic E-state index is 11.8. The van der Waals surface area contributed by atoms with Crippen LogP contribution in [0.3, 0.4) is 0 Å². The summed E-state index contributed by atoms with van der Waals surface area (Å²) in [6, 6.07) is 0. The molecule has 1 saturated heterocycles. The second-order valence-corrected chi connectivity index (χ2v) is 7.47. The van der Waals surface area contributed by atoms with Crippen molar-refractivity contribution in [3.8, 4) is 12.3 Å². The third-order valence-electron chi connectivity index (χ3n) is 4.44. The summed E-state index contributed by atoms with van der Waals surface area (Å²) < 4.78 is 0. The number of aryl methyl sites for hydroxylation is 2. The second-order valence-electron chi connectivity index (χ2n) is 6.27. The number of carbonyl (C=O) groups is 1. The molecule has 6 nitrogen and oxygen atoms in total. The second kappa shape index (κ2) is 7.81. The van der Waals surface area contributed by atoms with E-state index in [2.05, 4.69) is 35.3 Å². The average molecular weight is 357 g/mol. The van der Waals surface area contributed by atoms with Crippen LogP contribution in [0.15, 0.2) is 0 Å². The van der Waals surface area contributed by atoms with Crippen molar-refractivity contribution in [2.24, 2.45) is 0 Å². The zero-order chi connectivity index (χ0) is 17.8. The fourth-order valence-corrected chi connectivity index (χ4v) is 4.06. The minimum absolute atomic E-state index is 0.143. The predicted molar refractivity (Wildman–Crippen MR) is 102 cm³/mol. The summed E-state index contributed by atoms with van der Waals surface area (Å²) in [5.74, 6) is 3.80. The number of fused-ring (bicyclic) bond motifs is 1. The fourth-order valence-electron chi connectivity index (χ4n) is 3.01. The lowest BCUT2D eigenvalue weighted by atomic mass is 10.2. The van der Waals surface area contributed by atoms with Crippen LogP contribution in [0.2, 0.25) is 0 Å². The van der Waals surface area contributed by atoms with Gasteiger partial charge >= 0.3 is 0 Å². The van der Waals surface area contributed by atoms with Crippen molar-refractivity contribution in [1.82, 2.24) is 20.2 Å². The van der Waals surface area contributed by atoms with Crippen molar-refractivity contribution in [2.75, 3.05) is 31.5 Å². The SMILES string of the molecule is C#CCNC(=O)CNc1nc(CN2CCCC2)nc2sc(C)c(C)c12. The van der Waals surface area contributed by atoms with Gasteiger partial charge in [0.25, 0.3) is 0 Å². The van der Waals surface area contributed by atoms with Gasteiger partial charge in [-0.2, -0.15) is 0 Å². The highest BCUT2D eigenvalue weighted by molar-refractivity contribution is 7.18. The largest absolute Gasteiger partial charge is 0.360 e. The standard InChI is InChI=1S/C18H23N5OS/c1-4-7-19-15(24)10-20-17-16-12(2)13(3)25-18(16)22-14(21-17)11-23-8-5-6-9-23/h1H,5-11H2,2-3H3,(H,19,24)(H,20,21,22). The van der Waals surface area contributed by atoms with Crippen molar-refractivity contribution in [2.45, 2.75) is 33.2 Å². The summed E-state index contributed by atoms with van der Waals surface area (Å²) in [5.41, 5.74) is 1.17. The smallest absolute Gasteiger partial charge is 0.240 e. The van der Waals surface area contributed by atoms with E-state index in [-0.39, 0.29) is 19.0 Å². The average Bonchev–Trinajstić information content (AvgIpc) is 3.19. The van der Waals surface area contributed by atoms with Gasteiger partial charge in [-0.15, -0.1) is 17.8 Å². The maximum absolute atomic E-state index is 11.8. The third-order valence-corrected chi connectivity index (χ3v) is 5.54. The minimum atomic E-state index is -0.143. The van der Waals surface area contributed by atoms with E-state index in [9.17, 15) is 4.79 Å². The van der Waals surface area contributed by atoms with Crippen LogP contribution in [0, 0.1) is 26.2 Å². The molecule has 0 aliphatic carbocycles. The number of nitrogens with one attached hydrogen (secondary N) is 2. The predicted octanol–water partition coefficient (Wildman–Crippen LogP) is 2.07. The lowest BCUT2D eigenvalue weighted by Crippen LogP contribution is -2.30. The molecular weight excluding hydrogens is 334 g/mol. The van der Waals surface area contributed by atoms with E-state index in [0.29, 0.717) is 0 Å². The zero-order valence-electron chi connectivity index (χ0n) is 14.7. The summed E-state index contributed by atoms with van der Waals surface area (Å²) >= 11 is 1.68. The highest BCUT2D eigenvalue weighted by Gasteiger charge is 2.18. The van der Waals surface area contributed by atoms with Crippen molar-refractivity contribution >= 4 is 33.3 Å². The Kier molecular flexibility index (Phi) is 5.51. The molecule has 1 aliphatic heterocycles. The van der Waals surface area contributed by atoms with E-state index in [1.807, 2.05) is 0 Å². The number of aromatic nitrogens is 2. The number of hydrogen-bond acceptors (Lipinski definition) is 6. The number of likely N-dealkylation sites (tertiary alicyclic amines) is 1. The molecule has 0 unspecified atom stereocenters. The molecule has 7 heteroatoms. The van der Waals surface area contributed by atoms with Gasteiger partial charge in [0.1, 0.15) is 16.5 Å². The van der Waals surface area contributed by atoms with Crippen LogP contribution >= 0.6 is 11.3 Å². The van der Waals surface area contributed by atoms with Crippen LogP contribution in [0.1, 0.15) is 29.1 Å². The number of nitrogens with zero attached hydrogens (tertiary/aromatic N) is 3. The number of hydrogen-bond donors (Lipinski definition) is 2. The van der Waals surface area contributed by atoms with E-state index in [4.69, 9.17) is 16.4 Å². The third kappa shape index (κ3) is 4.09. The molecule has 1 fully saturated rings. The van der Waals surface area contributed by atoms with Crippen molar-refractivity contribution in [3.63, 3.8) is 0 Å². The summed E-state index contributed by atoms with van der Waals surface area (Å²) in [5, 5.41) is 6.84. The Morgan fingerprint density at radius 1 is 1.32 bits per heavy atom. The first-order valence-electron chi connectivity index (χ1n) is 8.51. The molecule has 0 aromatic carbocycles. The molecule has 1 amide bonds. The van der Waals surface area contributed by atoms with Gasteiger partial charge in [0.05, 0.1) is 25.0 Å². The molecule has 2 N–H and O–H groups in total. The van der Waals surface area contributed by atoms with Crippen LogP contribution in [0.5, 0.6) is 0 Å². The van der Waals surface area contributed by atoms with Crippen LogP contribution < -0.4 is 10.6 Å². The Hall–Kier alpha value is -2.17. The molecule has 1 aliphatic rings. The molecule has 0 radical (unpaired) electrons. The highest BCUT2D eigenvalue weighted by atomic mass is 32.1. The first kappa shape index (κ1) is 17.6. The lowest BCUT2D eigenvalue weighted by molar-refractivity contribution is -0.119. The Morgan fingerprint density at radius 2 is 2.08 bits per heavy atom. The van der Waals surface area contributed by atoms with Gasteiger partial charge < -0.3 is 10.6 Å². The molecule has 3 rings (SSSR count). The molecule has 132 valence electrons. The van der Waals surface area contributed by atoms with Crippen molar-refractivity contribution in [1.29, 1.82) is 0 Å². The lowest BCUT2D eigenvalue weighted by Gasteiger charge is -2.15. The number of carbonyl (C=O) groups excluding carboxylic acids is 1. The van der Waals surface area contributed by atoms with Crippen LogP contribution in [0.25, 0.3) is 10.2 Å². The van der Waals surface area contributed by atoms with Gasteiger partial charge in [-0.1, -0.05) is 5.92 Å². The Labute approximate surface area is 152 Å². The molecule has 25 heavy (non-hydrogen) atoms. The van der Waals surface area contributed by atoms with Crippen LogP contribution in [-0.4, -0.2) is 47.0 Å². The van der Waals surface area contributed by atoms with Crippen molar-refractivity contribution < 1.29 is 4.79 Å². The van der Waals surface area contributed by atoms with Gasteiger partial charge in [0, 0.05) is 4.88 Å². The molecule has 0 bridgehead atoms. The fraction of sp³-hybridized carbons (Fsp3) is 0.500. The number of thiophene rings is 1. The molecule has 0 spiro atoms. The molecule has 2 aromatic rings. The molecule has 2 aromatic heterocycles. The van der Waals surface area contributed by atoms with Crippen LogP contribution in [0.4, 0.5) is 5.82 Å². The van der Waals surface area contributed by atoms with E-state index in [1.54, 1.807) is 11.3 Å². The minimum Gasteiger partial charge on any atom is -0.360 e. The van der Waals surface area contributed by atoms with E-state index >= 15 is 0 Å². The van der Waals surface area contributed by atoms with Gasteiger partial charge in [0.2, 0.25) is 5.91 Å². The number of rotatable bonds is 6. The van der Waals surface area contributed by atoms with Crippen molar-refractivity contribution in [3.05, 3.63) is 16.3 Å². The van der Waals surface area contributed by atoms with Gasteiger partial charge in [-0.3, -0.25) is 9.69 Å². The summed E-state index contributed by atoms with van der Waals surface area (Å²) in [7, 11) is 0. The van der Waals surface area contributed by atoms with E-state index in [1.165, 1.54) is 23.3 Å². The number of terminal acetylenes is 1. The maximum Gasteiger partial charge on any atom is 0.240 e. The summed E-state index contributed by atoms with van der Waals surface area (Å²) in [6.45, 7) is 7.49. The summed E-state index contributed by atoms with van der Waals surface area (Å²) in [4.78, 5) is 25.9. The molecule has 0 saturated carbocycles.